The molecular formula is C17H25NO. The lowest BCUT2D eigenvalue weighted by Crippen LogP contribution is -2.26. The van der Waals surface area contributed by atoms with Gasteiger partial charge in [-0.05, 0) is 61.9 Å². The molecule has 1 N–H and O–H groups in total. The van der Waals surface area contributed by atoms with Gasteiger partial charge in [0.15, 0.2) is 0 Å². The number of ether oxygens (including phenoxy) is 1. The van der Waals surface area contributed by atoms with E-state index in [1.54, 1.807) is 0 Å². The van der Waals surface area contributed by atoms with Gasteiger partial charge in [0.1, 0.15) is 12.4 Å². The summed E-state index contributed by atoms with van der Waals surface area (Å²) in [6.45, 7) is 9.81. The normalized spacial score (nSPS) is 17.9. The molecule has 0 saturated heterocycles. The number of hydrogen-bond acceptors (Lipinski definition) is 2. The summed E-state index contributed by atoms with van der Waals surface area (Å²) in [6, 6.07) is 6.94. The van der Waals surface area contributed by atoms with Crippen molar-refractivity contribution in [3.63, 3.8) is 0 Å². The third-order valence-electron chi connectivity index (χ3n) is 3.58. The maximum Gasteiger partial charge on any atom is 0.123 e. The zero-order valence-electron chi connectivity index (χ0n) is 12.2. The van der Waals surface area contributed by atoms with Crippen LogP contribution in [0.5, 0.6) is 5.75 Å². The molecular weight excluding hydrogens is 234 g/mol. The first-order valence-electron chi connectivity index (χ1n) is 7.34. The molecule has 104 valence electrons. The van der Waals surface area contributed by atoms with Crippen LogP contribution in [0.3, 0.4) is 0 Å². The van der Waals surface area contributed by atoms with Crippen molar-refractivity contribution in [3.8, 4) is 5.75 Å². The van der Waals surface area contributed by atoms with Gasteiger partial charge >= 0.3 is 0 Å². The Labute approximate surface area is 116 Å². The Hall–Kier alpha value is -1.28. The van der Waals surface area contributed by atoms with E-state index in [2.05, 4.69) is 37.0 Å². The Kier molecular flexibility index (Phi) is 5.03. The highest BCUT2D eigenvalue weighted by molar-refractivity contribution is 5.43. The number of benzene rings is 1. The second kappa shape index (κ2) is 6.76. The molecule has 2 heteroatoms. The first-order valence-corrected chi connectivity index (χ1v) is 7.34. The summed E-state index contributed by atoms with van der Waals surface area (Å²) in [5.74, 6) is 1.04. The van der Waals surface area contributed by atoms with E-state index < -0.39 is 0 Å². The molecule has 1 atom stereocenters. The van der Waals surface area contributed by atoms with E-state index >= 15 is 0 Å². The first-order chi connectivity index (χ1) is 9.22. The molecule has 0 heterocycles. The SMILES string of the molecule is C=C(C)COc1cccc2c1CCCC2NCCC. The molecule has 1 aromatic rings. The minimum Gasteiger partial charge on any atom is -0.489 e. The van der Waals surface area contributed by atoms with E-state index in [1.807, 2.05) is 6.92 Å². The summed E-state index contributed by atoms with van der Waals surface area (Å²) >= 11 is 0. The Balaban J connectivity index is 2.17. The van der Waals surface area contributed by atoms with Crippen LogP contribution in [0.15, 0.2) is 30.4 Å². The highest BCUT2D eigenvalue weighted by Gasteiger charge is 2.22. The van der Waals surface area contributed by atoms with Crippen molar-refractivity contribution in [2.75, 3.05) is 13.2 Å². The lowest BCUT2D eigenvalue weighted by Gasteiger charge is -2.28. The third kappa shape index (κ3) is 3.60. The van der Waals surface area contributed by atoms with Crippen molar-refractivity contribution in [2.24, 2.45) is 0 Å². The van der Waals surface area contributed by atoms with Crippen LogP contribution in [0, 0.1) is 0 Å². The van der Waals surface area contributed by atoms with Crippen molar-refractivity contribution in [2.45, 2.75) is 45.6 Å². The molecule has 1 aromatic carbocycles. The maximum absolute atomic E-state index is 5.89. The van der Waals surface area contributed by atoms with Gasteiger partial charge in [0.05, 0.1) is 0 Å². The zero-order chi connectivity index (χ0) is 13.7. The minimum atomic E-state index is 0.497. The van der Waals surface area contributed by atoms with E-state index in [0.717, 1.165) is 24.3 Å². The van der Waals surface area contributed by atoms with Crippen molar-refractivity contribution < 1.29 is 4.74 Å². The number of rotatable bonds is 6. The number of fused-ring (bicyclic) bond motifs is 1. The smallest absolute Gasteiger partial charge is 0.123 e. The van der Waals surface area contributed by atoms with Gasteiger partial charge in [0.25, 0.3) is 0 Å². The summed E-state index contributed by atoms with van der Waals surface area (Å²) in [6.07, 6.45) is 4.78. The first kappa shape index (κ1) is 14.1. The van der Waals surface area contributed by atoms with Gasteiger partial charge in [-0.1, -0.05) is 25.6 Å². The second-order valence-corrected chi connectivity index (χ2v) is 5.47. The van der Waals surface area contributed by atoms with Crippen molar-refractivity contribution in [1.82, 2.24) is 5.32 Å². The Morgan fingerprint density at radius 2 is 2.32 bits per heavy atom. The van der Waals surface area contributed by atoms with E-state index in [4.69, 9.17) is 4.74 Å². The highest BCUT2D eigenvalue weighted by atomic mass is 16.5. The molecule has 2 rings (SSSR count). The molecule has 0 bridgehead atoms. The molecule has 1 aliphatic carbocycles. The fourth-order valence-corrected chi connectivity index (χ4v) is 2.68. The molecule has 0 amide bonds. The third-order valence-corrected chi connectivity index (χ3v) is 3.58. The summed E-state index contributed by atoms with van der Waals surface area (Å²) < 4.78 is 5.89. The fraction of sp³-hybridized carbons (Fsp3) is 0.529. The van der Waals surface area contributed by atoms with Crippen molar-refractivity contribution >= 4 is 0 Å². The molecule has 0 fully saturated rings. The van der Waals surface area contributed by atoms with Gasteiger partial charge in [-0.3, -0.25) is 0 Å². The van der Waals surface area contributed by atoms with Gasteiger partial charge in [0.2, 0.25) is 0 Å². The monoisotopic (exact) mass is 259 g/mol. The van der Waals surface area contributed by atoms with Gasteiger partial charge < -0.3 is 10.1 Å². The lowest BCUT2D eigenvalue weighted by molar-refractivity contribution is 0.343. The predicted molar refractivity (Wildman–Crippen MR) is 80.7 cm³/mol. The van der Waals surface area contributed by atoms with Gasteiger partial charge in [-0.25, -0.2) is 0 Å². The molecule has 0 aromatic heterocycles. The van der Waals surface area contributed by atoms with Gasteiger partial charge in [-0.2, -0.15) is 0 Å². The van der Waals surface area contributed by atoms with E-state index in [0.29, 0.717) is 12.6 Å². The summed E-state index contributed by atoms with van der Waals surface area (Å²) in [5, 5.41) is 3.65. The standard InChI is InChI=1S/C17H25NO/c1-4-11-18-16-9-5-8-15-14(16)7-6-10-17(15)19-12-13(2)3/h6-7,10,16,18H,2,4-5,8-9,11-12H2,1,3H3. The van der Waals surface area contributed by atoms with Crippen LogP contribution in [0.4, 0.5) is 0 Å². The summed E-state index contributed by atoms with van der Waals surface area (Å²) in [5.41, 5.74) is 3.89. The van der Waals surface area contributed by atoms with Crippen LogP contribution in [0.25, 0.3) is 0 Å². The molecule has 1 unspecified atom stereocenters. The second-order valence-electron chi connectivity index (χ2n) is 5.47. The quantitative estimate of drug-likeness (QED) is 0.779. The van der Waals surface area contributed by atoms with Crippen LogP contribution in [0.2, 0.25) is 0 Å². The molecule has 0 radical (unpaired) electrons. The maximum atomic E-state index is 5.89. The molecule has 1 aliphatic rings. The van der Waals surface area contributed by atoms with Crippen LogP contribution in [0.1, 0.15) is 50.3 Å². The highest BCUT2D eigenvalue weighted by Crippen LogP contribution is 2.35. The van der Waals surface area contributed by atoms with Crippen LogP contribution in [-0.2, 0) is 6.42 Å². The van der Waals surface area contributed by atoms with E-state index in [1.165, 1.54) is 30.4 Å². The van der Waals surface area contributed by atoms with Crippen molar-refractivity contribution in [1.29, 1.82) is 0 Å². The van der Waals surface area contributed by atoms with E-state index in [9.17, 15) is 0 Å². The average Bonchev–Trinajstić information content (AvgIpc) is 2.42. The van der Waals surface area contributed by atoms with Crippen LogP contribution in [-0.4, -0.2) is 13.2 Å². The molecule has 0 saturated carbocycles. The Morgan fingerprint density at radius 1 is 1.47 bits per heavy atom. The number of nitrogens with one attached hydrogen (secondary N) is 1. The molecule has 19 heavy (non-hydrogen) atoms. The molecule has 0 spiro atoms. The molecule has 0 aliphatic heterocycles. The number of hydrogen-bond donors (Lipinski definition) is 1. The largest absolute Gasteiger partial charge is 0.489 e. The zero-order valence-corrected chi connectivity index (χ0v) is 12.2. The van der Waals surface area contributed by atoms with E-state index in [-0.39, 0.29) is 0 Å². The predicted octanol–water partition coefficient (Wildman–Crippen LogP) is 4.02. The van der Waals surface area contributed by atoms with Gasteiger partial charge in [-0.15, -0.1) is 0 Å². The van der Waals surface area contributed by atoms with Gasteiger partial charge in [0, 0.05) is 6.04 Å². The average molecular weight is 259 g/mol. The summed E-state index contributed by atoms with van der Waals surface area (Å²) in [7, 11) is 0. The Bertz CT molecular complexity index is 439. The Morgan fingerprint density at radius 3 is 3.05 bits per heavy atom. The van der Waals surface area contributed by atoms with Crippen molar-refractivity contribution in [3.05, 3.63) is 41.5 Å². The lowest BCUT2D eigenvalue weighted by atomic mass is 9.87. The fourth-order valence-electron chi connectivity index (χ4n) is 2.68. The van der Waals surface area contributed by atoms with Crippen LogP contribution >= 0.6 is 0 Å². The molecule has 2 nitrogen and oxygen atoms in total. The minimum absolute atomic E-state index is 0.497. The topological polar surface area (TPSA) is 21.3 Å². The van der Waals surface area contributed by atoms with Crippen LogP contribution < -0.4 is 10.1 Å². The summed E-state index contributed by atoms with van der Waals surface area (Å²) in [4.78, 5) is 0.